The molecule has 0 aliphatic carbocycles. The van der Waals surface area contributed by atoms with Crippen molar-refractivity contribution in [1.29, 1.82) is 0 Å². The second-order valence-corrected chi connectivity index (χ2v) is 5.21. The van der Waals surface area contributed by atoms with Gasteiger partial charge in [-0.05, 0) is 25.0 Å². The van der Waals surface area contributed by atoms with E-state index < -0.39 is 0 Å². The lowest BCUT2D eigenvalue weighted by Gasteiger charge is -2.23. The lowest BCUT2D eigenvalue weighted by molar-refractivity contribution is -0.129. The number of amides is 2. The number of benzene rings is 1. The number of hydrogen-bond acceptors (Lipinski definition) is 3. The van der Waals surface area contributed by atoms with Gasteiger partial charge >= 0.3 is 0 Å². The molecule has 1 aliphatic heterocycles. The van der Waals surface area contributed by atoms with E-state index in [9.17, 15) is 9.59 Å². The number of ether oxygens (including phenoxy) is 1. The minimum atomic E-state index is -0.0718. The zero-order valence-corrected chi connectivity index (χ0v) is 12.7. The summed E-state index contributed by atoms with van der Waals surface area (Å²) in [5.74, 6) is 0.753. The molecule has 21 heavy (non-hydrogen) atoms. The molecule has 0 bridgehead atoms. The average molecular weight is 290 g/mol. The summed E-state index contributed by atoms with van der Waals surface area (Å²) >= 11 is 0. The normalized spacial score (nSPS) is 14.1. The van der Waals surface area contributed by atoms with E-state index in [1.54, 1.807) is 12.0 Å². The topological polar surface area (TPSA) is 49.9 Å². The lowest BCUT2D eigenvalue weighted by atomic mass is 10.2. The van der Waals surface area contributed by atoms with E-state index >= 15 is 0 Å². The minimum Gasteiger partial charge on any atom is -0.497 e. The third-order valence-electron chi connectivity index (χ3n) is 3.75. The fraction of sp³-hybridized carbons (Fsp3) is 0.500. The Bertz CT molecular complexity index is 510. The lowest BCUT2D eigenvalue weighted by Crippen LogP contribution is -2.35. The van der Waals surface area contributed by atoms with E-state index in [2.05, 4.69) is 0 Å². The highest BCUT2D eigenvalue weighted by atomic mass is 16.5. The maximum Gasteiger partial charge on any atom is 0.224 e. The summed E-state index contributed by atoms with van der Waals surface area (Å²) in [7, 11) is 1.59. The highest BCUT2D eigenvalue weighted by Crippen LogP contribution is 2.21. The van der Waals surface area contributed by atoms with Crippen LogP contribution in [0.2, 0.25) is 0 Å². The van der Waals surface area contributed by atoms with Crippen molar-refractivity contribution >= 4 is 17.5 Å². The average Bonchev–Trinajstić information content (AvgIpc) is 3.01. The Morgan fingerprint density at radius 2 is 2.00 bits per heavy atom. The number of anilines is 1. The van der Waals surface area contributed by atoms with Gasteiger partial charge in [0.25, 0.3) is 0 Å². The van der Waals surface area contributed by atoms with Gasteiger partial charge in [-0.3, -0.25) is 9.59 Å². The third-order valence-corrected chi connectivity index (χ3v) is 3.75. The Labute approximate surface area is 125 Å². The van der Waals surface area contributed by atoms with Crippen LogP contribution in [-0.2, 0) is 9.59 Å². The SMILES string of the molecule is COc1cccc(N(CCC(=O)N2CCCC2)C(C)=O)c1. The second-order valence-electron chi connectivity index (χ2n) is 5.21. The molecule has 0 aromatic heterocycles. The van der Waals surface area contributed by atoms with Crippen LogP contribution in [0.5, 0.6) is 5.75 Å². The van der Waals surface area contributed by atoms with Gasteiger partial charge in [-0.1, -0.05) is 6.07 Å². The second kappa shape index (κ2) is 7.11. The molecule has 1 aliphatic rings. The molecular formula is C16H22N2O3. The molecule has 1 saturated heterocycles. The first-order chi connectivity index (χ1) is 10.1. The molecule has 0 radical (unpaired) electrons. The maximum absolute atomic E-state index is 12.1. The van der Waals surface area contributed by atoms with Gasteiger partial charge < -0.3 is 14.5 Å². The quantitative estimate of drug-likeness (QED) is 0.834. The Morgan fingerprint density at radius 3 is 2.62 bits per heavy atom. The van der Waals surface area contributed by atoms with Crippen molar-refractivity contribution in [3.63, 3.8) is 0 Å². The van der Waals surface area contributed by atoms with Crippen LogP contribution in [0.1, 0.15) is 26.2 Å². The first kappa shape index (κ1) is 15.4. The molecule has 0 atom stereocenters. The molecule has 5 nitrogen and oxygen atoms in total. The zero-order chi connectivity index (χ0) is 15.2. The van der Waals surface area contributed by atoms with E-state index in [1.165, 1.54) is 6.92 Å². The van der Waals surface area contributed by atoms with Gasteiger partial charge in [0.15, 0.2) is 0 Å². The van der Waals surface area contributed by atoms with E-state index in [1.807, 2.05) is 29.2 Å². The van der Waals surface area contributed by atoms with Gasteiger partial charge in [0.2, 0.25) is 11.8 Å². The highest BCUT2D eigenvalue weighted by molar-refractivity contribution is 5.92. The molecule has 2 amide bonds. The smallest absolute Gasteiger partial charge is 0.224 e. The summed E-state index contributed by atoms with van der Waals surface area (Å²) in [5, 5.41) is 0. The molecule has 114 valence electrons. The summed E-state index contributed by atoms with van der Waals surface area (Å²) in [6, 6.07) is 7.33. The van der Waals surface area contributed by atoms with Crippen molar-refractivity contribution in [3.8, 4) is 5.75 Å². The van der Waals surface area contributed by atoms with Crippen LogP contribution in [0.3, 0.4) is 0 Å². The van der Waals surface area contributed by atoms with Crippen LogP contribution < -0.4 is 9.64 Å². The van der Waals surface area contributed by atoms with Crippen molar-refractivity contribution < 1.29 is 14.3 Å². The Morgan fingerprint density at radius 1 is 1.29 bits per heavy atom. The van der Waals surface area contributed by atoms with Gasteiger partial charge in [-0.2, -0.15) is 0 Å². The van der Waals surface area contributed by atoms with Crippen LogP contribution in [-0.4, -0.2) is 43.5 Å². The van der Waals surface area contributed by atoms with Crippen molar-refractivity contribution in [2.45, 2.75) is 26.2 Å². The Kier molecular flexibility index (Phi) is 5.20. The molecule has 1 aromatic rings. The standard InChI is InChI=1S/C16H22N2O3/c1-13(19)18(14-6-5-7-15(12-14)21-2)11-8-16(20)17-9-3-4-10-17/h5-7,12H,3-4,8-11H2,1-2H3. The fourth-order valence-electron chi connectivity index (χ4n) is 2.58. The van der Waals surface area contributed by atoms with Crippen molar-refractivity contribution in [2.75, 3.05) is 31.6 Å². The van der Waals surface area contributed by atoms with E-state index in [0.717, 1.165) is 31.6 Å². The molecule has 1 heterocycles. The summed E-state index contributed by atoms with van der Waals surface area (Å²) in [6.45, 7) is 3.60. The molecule has 0 unspecified atom stereocenters. The Hall–Kier alpha value is -2.04. The van der Waals surface area contributed by atoms with Crippen molar-refractivity contribution in [1.82, 2.24) is 4.90 Å². The molecular weight excluding hydrogens is 268 g/mol. The number of likely N-dealkylation sites (tertiary alicyclic amines) is 1. The largest absolute Gasteiger partial charge is 0.497 e. The first-order valence-electron chi connectivity index (χ1n) is 7.32. The van der Waals surface area contributed by atoms with Crippen LogP contribution in [0, 0.1) is 0 Å². The number of carbonyl (C=O) groups excluding carboxylic acids is 2. The third kappa shape index (κ3) is 3.97. The molecule has 1 fully saturated rings. The number of methoxy groups -OCH3 is 1. The van der Waals surface area contributed by atoms with E-state index in [0.29, 0.717) is 18.7 Å². The molecule has 0 saturated carbocycles. The van der Waals surface area contributed by atoms with Crippen molar-refractivity contribution in [3.05, 3.63) is 24.3 Å². The first-order valence-corrected chi connectivity index (χ1v) is 7.32. The minimum absolute atomic E-state index is 0.0718. The number of hydrogen-bond donors (Lipinski definition) is 0. The predicted molar refractivity (Wildman–Crippen MR) is 81.5 cm³/mol. The number of nitrogens with zero attached hydrogens (tertiary/aromatic N) is 2. The van der Waals surface area contributed by atoms with Gasteiger partial charge in [-0.15, -0.1) is 0 Å². The maximum atomic E-state index is 12.1. The van der Waals surface area contributed by atoms with Gasteiger partial charge in [0.05, 0.1) is 7.11 Å². The summed E-state index contributed by atoms with van der Waals surface area (Å²) in [5.41, 5.74) is 0.760. The van der Waals surface area contributed by atoms with Gasteiger partial charge in [0.1, 0.15) is 5.75 Å². The van der Waals surface area contributed by atoms with Crippen LogP contribution in [0.15, 0.2) is 24.3 Å². The molecule has 2 rings (SSSR count). The molecule has 0 spiro atoms. The van der Waals surface area contributed by atoms with E-state index in [4.69, 9.17) is 4.74 Å². The monoisotopic (exact) mass is 290 g/mol. The predicted octanol–water partition coefficient (Wildman–Crippen LogP) is 2.06. The van der Waals surface area contributed by atoms with Crippen LogP contribution in [0.25, 0.3) is 0 Å². The van der Waals surface area contributed by atoms with Crippen LogP contribution >= 0.6 is 0 Å². The molecule has 5 heteroatoms. The zero-order valence-electron chi connectivity index (χ0n) is 12.7. The van der Waals surface area contributed by atoms with Gasteiger partial charge in [-0.25, -0.2) is 0 Å². The number of rotatable bonds is 5. The van der Waals surface area contributed by atoms with Gasteiger partial charge in [0, 0.05) is 44.7 Å². The highest BCUT2D eigenvalue weighted by Gasteiger charge is 2.20. The summed E-state index contributed by atoms with van der Waals surface area (Å²) in [6.07, 6.45) is 2.52. The summed E-state index contributed by atoms with van der Waals surface area (Å²) < 4.78 is 5.18. The van der Waals surface area contributed by atoms with Crippen molar-refractivity contribution in [2.24, 2.45) is 0 Å². The molecule has 0 N–H and O–H groups in total. The number of carbonyl (C=O) groups is 2. The van der Waals surface area contributed by atoms with Crippen LogP contribution in [0.4, 0.5) is 5.69 Å². The summed E-state index contributed by atoms with van der Waals surface area (Å²) in [4.78, 5) is 27.4. The Balaban J connectivity index is 2.01. The fourth-order valence-corrected chi connectivity index (χ4v) is 2.58. The van der Waals surface area contributed by atoms with E-state index in [-0.39, 0.29) is 11.8 Å². The molecule has 1 aromatic carbocycles.